The number of methoxy groups -OCH3 is 1. The molecule has 7 heteroatoms. The summed E-state index contributed by atoms with van der Waals surface area (Å²) in [7, 11) is 1.62. The summed E-state index contributed by atoms with van der Waals surface area (Å²) in [6.45, 7) is 9.07. The zero-order valence-corrected chi connectivity index (χ0v) is 18.7. The van der Waals surface area contributed by atoms with Crippen molar-refractivity contribution in [3.05, 3.63) is 23.9 Å². The van der Waals surface area contributed by atoms with Crippen LogP contribution in [0, 0.1) is 0 Å². The number of nitrogens with one attached hydrogen (secondary N) is 2. The van der Waals surface area contributed by atoms with Gasteiger partial charge in [0.25, 0.3) is 0 Å². The number of rotatable bonds is 8. The average molecular weight is 475 g/mol. The number of ether oxygens (including phenoxy) is 1. The summed E-state index contributed by atoms with van der Waals surface area (Å²) in [6.07, 6.45) is 7.11. The number of likely N-dealkylation sites (tertiary alicyclic amines) is 1. The predicted octanol–water partition coefficient (Wildman–Crippen LogP) is 3.03. The molecule has 2 rings (SSSR count). The van der Waals surface area contributed by atoms with Crippen LogP contribution in [0.5, 0.6) is 5.88 Å². The summed E-state index contributed by atoms with van der Waals surface area (Å²) < 4.78 is 5.09. The van der Waals surface area contributed by atoms with Crippen LogP contribution >= 0.6 is 24.0 Å². The lowest BCUT2D eigenvalue weighted by Gasteiger charge is -2.35. The first-order chi connectivity index (χ1) is 12.3. The first kappa shape index (κ1) is 23.0. The fourth-order valence-corrected chi connectivity index (χ4v) is 3.27. The number of piperidine rings is 1. The second-order valence-electron chi connectivity index (χ2n) is 6.42. The van der Waals surface area contributed by atoms with Gasteiger partial charge in [-0.1, -0.05) is 19.4 Å². The molecule has 1 unspecified atom stereocenters. The molecule has 0 aromatic carbocycles. The molecule has 1 aromatic rings. The lowest BCUT2D eigenvalue weighted by molar-refractivity contribution is 0.147. The van der Waals surface area contributed by atoms with Crippen molar-refractivity contribution in [3.63, 3.8) is 0 Å². The number of hydrogen-bond donors (Lipinski definition) is 2. The highest BCUT2D eigenvalue weighted by molar-refractivity contribution is 14.0. The van der Waals surface area contributed by atoms with Gasteiger partial charge in [-0.15, -0.1) is 24.0 Å². The van der Waals surface area contributed by atoms with Crippen molar-refractivity contribution in [2.75, 3.05) is 33.3 Å². The summed E-state index contributed by atoms with van der Waals surface area (Å²) in [6, 6.07) is 4.62. The first-order valence-electron chi connectivity index (χ1n) is 9.52. The Balaban J connectivity index is 0.00000338. The minimum Gasteiger partial charge on any atom is -0.481 e. The van der Waals surface area contributed by atoms with Crippen LogP contribution in [0.15, 0.2) is 23.3 Å². The number of hydrogen-bond acceptors (Lipinski definition) is 4. The van der Waals surface area contributed by atoms with Crippen molar-refractivity contribution in [1.29, 1.82) is 0 Å². The molecule has 2 heterocycles. The van der Waals surface area contributed by atoms with Crippen LogP contribution in [-0.2, 0) is 6.54 Å². The van der Waals surface area contributed by atoms with E-state index < -0.39 is 0 Å². The van der Waals surface area contributed by atoms with Gasteiger partial charge in [-0.2, -0.15) is 0 Å². The van der Waals surface area contributed by atoms with E-state index in [0.717, 1.165) is 37.2 Å². The van der Waals surface area contributed by atoms with E-state index in [-0.39, 0.29) is 24.0 Å². The maximum atomic E-state index is 5.09. The van der Waals surface area contributed by atoms with Crippen LogP contribution in [0.4, 0.5) is 0 Å². The van der Waals surface area contributed by atoms with E-state index in [4.69, 9.17) is 4.74 Å². The molecule has 0 aliphatic carbocycles. The SMILES string of the molecule is CCNC(=NCc1ccc(OC)nc1)NCCN1CCCCC1CC.I. The number of halogens is 1. The Morgan fingerprint density at radius 2 is 2.15 bits per heavy atom. The Labute approximate surface area is 175 Å². The van der Waals surface area contributed by atoms with Gasteiger partial charge in [0.1, 0.15) is 0 Å². The lowest BCUT2D eigenvalue weighted by atomic mass is 10.0. The highest BCUT2D eigenvalue weighted by atomic mass is 127. The minimum absolute atomic E-state index is 0. The number of aliphatic imine (C=N–C) groups is 1. The first-order valence-corrected chi connectivity index (χ1v) is 9.52. The highest BCUT2D eigenvalue weighted by Crippen LogP contribution is 2.18. The van der Waals surface area contributed by atoms with Gasteiger partial charge in [0.15, 0.2) is 5.96 Å². The second kappa shape index (κ2) is 13.1. The Bertz CT molecular complexity index is 523. The van der Waals surface area contributed by atoms with Crippen molar-refractivity contribution in [2.45, 2.75) is 52.1 Å². The summed E-state index contributed by atoms with van der Waals surface area (Å²) in [4.78, 5) is 11.5. The van der Waals surface area contributed by atoms with Gasteiger partial charge in [0.2, 0.25) is 5.88 Å². The fourth-order valence-electron chi connectivity index (χ4n) is 3.27. The average Bonchev–Trinajstić information content (AvgIpc) is 2.67. The van der Waals surface area contributed by atoms with Gasteiger partial charge in [-0.3, -0.25) is 4.90 Å². The zero-order chi connectivity index (χ0) is 17.9. The molecule has 1 fully saturated rings. The van der Waals surface area contributed by atoms with Crippen LogP contribution < -0.4 is 15.4 Å². The topological polar surface area (TPSA) is 61.8 Å². The van der Waals surface area contributed by atoms with Gasteiger partial charge in [-0.25, -0.2) is 9.98 Å². The monoisotopic (exact) mass is 475 g/mol. The summed E-state index contributed by atoms with van der Waals surface area (Å²) in [5.74, 6) is 1.49. The molecule has 1 atom stereocenters. The van der Waals surface area contributed by atoms with Gasteiger partial charge < -0.3 is 15.4 Å². The Morgan fingerprint density at radius 3 is 2.81 bits per heavy atom. The van der Waals surface area contributed by atoms with Gasteiger partial charge >= 0.3 is 0 Å². The largest absolute Gasteiger partial charge is 0.481 e. The van der Waals surface area contributed by atoms with Crippen LogP contribution in [0.25, 0.3) is 0 Å². The van der Waals surface area contributed by atoms with Crippen molar-refractivity contribution in [1.82, 2.24) is 20.5 Å². The molecule has 1 aromatic heterocycles. The third-order valence-electron chi connectivity index (χ3n) is 4.68. The Kier molecular flexibility index (Phi) is 11.6. The van der Waals surface area contributed by atoms with E-state index in [1.165, 1.54) is 32.2 Å². The Morgan fingerprint density at radius 1 is 1.31 bits per heavy atom. The van der Waals surface area contributed by atoms with Crippen LogP contribution in [0.1, 0.15) is 45.1 Å². The normalized spacial score (nSPS) is 18.1. The molecular weight excluding hydrogens is 441 g/mol. The maximum absolute atomic E-state index is 5.09. The van der Waals surface area contributed by atoms with E-state index in [2.05, 4.69) is 39.4 Å². The number of aromatic nitrogens is 1. The number of guanidine groups is 1. The molecule has 0 amide bonds. The molecule has 0 bridgehead atoms. The van der Waals surface area contributed by atoms with E-state index in [0.29, 0.717) is 12.4 Å². The molecule has 0 radical (unpaired) electrons. The van der Waals surface area contributed by atoms with Crippen LogP contribution in [-0.4, -0.2) is 55.2 Å². The third-order valence-corrected chi connectivity index (χ3v) is 4.68. The van der Waals surface area contributed by atoms with E-state index in [9.17, 15) is 0 Å². The summed E-state index contributed by atoms with van der Waals surface area (Å²) in [5, 5.41) is 6.77. The van der Waals surface area contributed by atoms with Crippen molar-refractivity contribution in [3.8, 4) is 5.88 Å². The molecule has 0 spiro atoms. The quantitative estimate of drug-likeness (QED) is 0.344. The van der Waals surface area contributed by atoms with Crippen molar-refractivity contribution < 1.29 is 4.74 Å². The maximum Gasteiger partial charge on any atom is 0.212 e. The van der Waals surface area contributed by atoms with Gasteiger partial charge in [0, 0.05) is 37.9 Å². The van der Waals surface area contributed by atoms with Gasteiger partial charge in [-0.05, 0) is 38.3 Å². The van der Waals surface area contributed by atoms with Gasteiger partial charge in [0.05, 0.1) is 13.7 Å². The smallest absolute Gasteiger partial charge is 0.212 e. The molecule has 1 aliphatic rings. The lowest BCUT2D eigenvalue weighted by Crippen LogP contribution is -2.45. The molecular formula is C19H34IN5O. The fraction of sp³-hybridized carbons (Fsp3) is 0.684. The molecule has 2 N–H and O–H groups in total. The van der Waals surface area contributed by atoms with E-state index >= 15 is 0 Å². The highest BCUT2D eigenvalue weighted by Gasteiger charge is 2.19. The summed E-state index contributed by atoms with van der Waals surface area (Å²) in [5.41, 5.74) is 1.07. The van der Waals surface area contributed by atoms with Crippen LogP contribution in [0.2, 0.25) is 0 Å². The Hall–Kier alpha value is -1.09. The third kappa shape index (κ3) is 7.65. The molecule has 1 saturated heterocycles. The summed E-state index contributed by atoms with van der Waals surface area (Å²) >= 11 is 0. The molecule has 1 aliphatic heterocycles. The minimum atomic E-state index is 0. The van der Waals surface area contributed by atoms with Crippen molar-refractivity contribution >= 4 is 29.9 Å². The second-order valence-corrected chi connectivity index (χ2v) is 6.42. The molecule has 148 valence electrons. The predicted molar refractivity (Wildman–Crippen MR) is 119 cm³/mol. The standard InChI is InChI=1S/C19H33N5O.HI/c1-4-17-8-6-7-12-24(17)13-11-21-19(20-5-2)23-15-16-9-10-18(25-3)22-14-16;/h9-10,14,17H,4-8,11-13,15H2,1-3H3,(H2,20,21,23);1H. The molecule has 0 saturated carbocycles. The molecule has 6 nitrogen and oxygen atoms in total. The van der Waals surface area contributed by atoms with Crippen molar-refractivity contribution in [2.24, 2.45) is 4.99 Å². The van der Waals surface area contributed by atoms with E-state index in [1.54, 1.807) is 7.11 Å². The zero-order valence-electron chi connectivity index (χ0n) is 16.3. The molecule has 26 heavy (non-hydrogen) atoms. The number of pyridine rings is 1. The van der Waals surface area contributed by atoms with E-state index in [1.807, 2.05) is 18.3 Å². The van der Waals surface area contributed by atoms with Crippen LogP contribution in [0.3, 0.4) is 0 Å². The number of nitrogens with zero attached hydrogens (tertiary/aromatic N) is 3.